The molecule has 2 heterocycles. The lowest BCUT2D eigenvalue weighted by atomic mass is 10.1. The normalized spacial score (nSPS) is 13.4. The average molecular weight is 565 g/mol. The summed E-state index contributed by atoms with van der Waals surface area (Å²) in [6.07, 6.45) is 0. The first-order valence-electron chi connectivity index (χ1n) is 12.4. The summed E-state index contributed by atoms with van der Waals surface area (Å²) < 4.78 is 0. The predicted molar refractivity (Wildman–Crippen MR) is 157 cm³/mol. The van der Waals surface area contributed by atoms with Crippen LogP contribution in [0.2, 0.25) is 10.2 Å². The van der Waals surface area contributed by atoms with Crippen molar-refractivity contribution < 1.29 is 4.79 Å². The zero-order valence-electron chi connectivity index (χ0n) is 20.7. The van der Waals surface area contributed by atoms with Crippen molar-refractivity contribution in [2.75, 3.05) is 36.0 Å². The van der Waals surface area contributed by atoms with Crippen LogP contribution < -0.4 is 15.1 Å². The third-order valence-corrected chi connectivity index (χ3v) is 7.64. The molecule has 1 aliphatic rings. The SMILES string of the molecule is O=C(NCc1ccccc1)c1cccc(CSc2nc(Cl)cc(N3CCN(c4cccc(Cl)c4)CC3)n2)c1. The number of amides is 1. The van der Waals surface area contributed by atoms with Crippen LogP contribution in [-0.4, -0.2) is 42.1 Å². The summed E-state index contributed by atoms with van der Waals surface area (Å²) in [6.45, 7) is 3.87. The quantitative estimate of drug-likeness (QED) is 0.153. The summed E-state index contributed by atoms with van der Waals surface area (Å²) in [6, 6.07) is 27.3. The van der Waals surface area contributed by atoms with Gasteiger partial charge in [0.1, 0.15) is 11.0 Å². The Labute approximate surface area is 237 Å². The molecule has 1 saturated heterocycles. The van der Waals surface area contributed by atoms with E-state index in [1.807, 2.05) is 78.9 Å². The van der Waals surface area contributed by atoms with Crippen molar-refractivity contribution in [2.24, 2.45) is 0 Å². The number of rotatable bonds is 8. The van der Waals surface area contributed by atoms with Crippen molar-refractivity contribution in [2.45, 2.75) is 17.5 Å². The van der Waals surface area contributed by atoms with E-state index in [-0.39, 0.29) is 5.91 Å². The number of anilines is 2. The number of benzene rings is 3. The number of hydrogen-bond acceptors (Lipinski definition) is 6. The zero-order valence-corrected chi connectivity index (χ0v) is 23.0. The fourth-order valence-corrected chi connectivity index (χ4v) is 5.52. The smallest absolute Gasteiger partial charge is 0.251 e. The molecule has 0 unspecified atom stereocenters. The standard InChI is InChI=1S/C29H27Cl2N5OS/c30-24-10-5-11-25(17-24)35-12-14-36(15-13-35)27-18-26(31)33-29(34-27)38-20-22-8-4-9-23(16-22)28(37)32-19-21-6-2-1-3-7-21/h1-11,16-18H,12-15,19-20H2,(H,32,37). The van der Waals surface area contributed by atoms with Crippen molar-refractivity contribution in [3.63, 3.8) is 0 Å². The number of nitrogens with one attached hydrogen (secondary N) is 1. The van der Waals surface area contributed by atoms with Gasteiger partial charge in [0.2, 0.25) is 0 Å². The first-order valence-corrected chi connectivity index (χ1v) is 14.1. The van der Waals surface area contributed by atoms with Crippen LogP contribution in [0.15, 0.2) is 90.1 Å². The summed E-state index contributed by atoms with van der Waals surface area (Å²) in [5.41, 5.74) is 3.84. The highest BCUT2D eigenvalue weighted by molar-refractivity contribution is 7.98. The molecule has 1 amide bonds. The van der Waals surface area contributed by atoms with E-state index in [1.54, 1.807) is 0 Å². The molecule has 0 radical (unpaired) electrons. The predicted octanol–water partition coefficient (Wildman–Crippen LogP) is 6.33. The van der Waals surface area contributed by atoms with Crippen LogP contribution in [0.25, 0.3) is 0 Å². The maximum Gasteiger partial charge on any atom is 0.251 e. The number of carbonyl (C=O) groups excluding carboxylic acids is 1. The second kappa shape index (κ2) is 12.5. The molecular weight excluding hydrogens is 537 g/mol. The second-order valence-corrected chi connectivity index (χ2v) is 10.7. The molecule has 1 aliphatic heterocycles. The molecule has 0 saturated carbocycles. The topological polar surface area (TPSA) is 61.4 Å². The molecule has 0 atom stereocenters. The Hall–Kier alpha value is -3.26. The van der Waals surface area contributed by atoms with Crippen LogP contribution in [0.3, 0.4) is 0 Å². The third kappa shape index (κ3) is 6.98. The van der Waals surface area contributed by atoms with E-state index < -0.39 is 0 Å². The van der Waals surface area contributed by atoms with Crippen molar-refractivity contribution >= 4 is 52.4 Å². The summed E-state index contributed by atoms with van der Waals surface area (Å²) in [7, 11) is 0. The van der Waals surface area contributed by atoms with Gasteiger partial charge in [0.15, 0.2) is 5.16 Å². The summed E-state index contributed by atoms with van der Waals surface area (Å²) in [4.78, 5) is 26.4. The Morgan fingerprint density at radius 2 is 1.55 bits per heavy atom. The van der Waals surface area contributed by atoms with Gasteiger partial charge in [0.05, 0.1) is 0 Å². The van der Waals surface area contributed by atoms with Gasteiger partial charge in [0.25, 0.3) is 5.91 Å². The molecule has 6 nitrogen and oxygen atoms in total. The van der Waals surface area contributed by atoms with E-state index in [2.05, 4.69) is 26.2 Å². The van der Waals surface area contributed by atoms with Crippen molar-refractivity contribution in [1.29, 1.82) is 0 Å². The molecule has 3 aromatic carbocycles. The van der Waals surface area contributed by atoms with Gasteiger partial charge in [-0.05, 0) is 41.5 Å². The van der Waals surface area contributed by atoms with Gasteiger partial charge in [-0.25, -0.2) is 9.97 Å². The molecular formula is C29H27Cl2N5OS. The van der Waals surface area contributed by atoms with Crippen LogP contribution >= 0.6 is 35.0 Å². The van der Waals surface area contributed by atoms with Crippen LogP contribution in [0.5, 0.6) is 0 Å². The van der Waals surface area contributed by atoms with Crippen molar-refractivity contribution in [1.82, 2.24) is 15.3 Å². The number of halogens is 2. The van der Waals surface area contributed by atoms with Gasteiger partial charge in [0, 0.05) is 60.8 Å². The molecule has 5 rings (SSSR count). The summed E-state index contributed by atoms with van der Waals surface area (Å²) >= 11 is 14.0. The fraction of sp³-hybridized carbons (Fsp3) is 0.207. The summed E-state index contributed by atoms with van der Waals surface area (Å²) in [5, 5.41) is 4.76. The molecule has 1 aromatic heterocycles. The van der Waals surface area contributed by atoms with E-state index >= 15 is 0 Å². The Kier molecular flexibility index (Phi) is 8.68. The van der Waals surface area contributed by atoms with Crippen molar-refractivity contribution in [3.8, 4) is 0 Å². The number of piperazine rings is 1. The Morgan fingerprint density at radius 3 is 2.34 bits per heavy atom. The zero-order chi connectivity index (χ0) is 26.3. The average Bonchev–Trinajstić information content (AvgIpc) is 2.95. The van der Waals surface area contributed by atoms with Gasteiger partial charge in [-0.3, -0.25) is 4.79 Å². The largest absolute Gasteiger partial charge is 0.368 e. The van der Waals surface area contributed by atoms with Gasteiger partial charge < -0.3 is 15.1 Å². The minimum atomic E-state index is -0.0982. The summed E-state index contributed by atoms with van der Waals surface area (Å²) in [5.74, 6) is 1.36. The number of thioether (sulfide) groups is 1. The molecule has 38 heavy (non-hydrogen) atoms. The maximum atomic E-state index is 12.7. The lowest BCUT2D eigenvalue weighted by molar-refractivity contribution is 0.0951. The van der Waals surface area contributed by atoms with Crippen LogP contribution in [-0.2, 0) is 12.3 Å². The van der Waals surface area contributed by atoms with Gasteiger partial charge in [-0.15, -0.1) is 0 Å². The highest BCUT2D eigenvalue weighted by atomic mass is 35.5. The minimum Gasteiger partial charge on any atom is -0.368 e. The Morgan fingerprint density at radius 1 is 0.816 bits per heavy atom. The maximum absolute atomic E-state index is 12.7. The highest BCUT2D eigenvalue weighted by Crippen LogP contribution is 2.27. The van der Waals surface area contributed by atoms with Gasteiger partial charge >= 0.3 is 0 Å². The molecule has 4 aromatic rings. The molecule has 0 bridgehead atoms. The molecule has 0 spiro atoms. The number of aromatic nitrogens is 2. The Bertz CT molecular complexity index is 1400. The first kappa shape index (κ1) is 26.4. The van der Waals surface area contributed by atoms with E-state index in [0.29, 0.717) is 28.2 Å². The van der Waals surface area contributed by atoms with E-state index in [9.17, 15) is 4.79 Å². The van der Waals surface area contributed by atoms with E-state index in [0.717, 1.165) is 53.8 Å². The Balaban J connectivity index is 1.18. The number of carbonyl (C=O) groups is 1. The van der Waals surface area contributed by atoms with Gasteiger partial charge in [-0.2, -0.15) is 0 Å². The highest BCUT2D eigenvalue weighted by Gasteiger charge is 2.20. The monoisotopic (exact) mass is 563 g/mol. The lowest BCUT2D eigenvalue weighted by Gasteiger charge is -2.36. The van der Waals surface area contributed by atoms with Crippen LogP contribution in [0, 0.1) is 0 Å². The van der Waals surface area contributed by atoms with Crippen LogP contribution in [0.1, 0.15) is 21.5 Å². The minimum absolute atomic E-state index is 0.0982. The van der Waals surface area contributed by atoms with E-state index in [1.165, 1.54) is 11.8 Å². The molecule has 0 aliphatic carbocycles. The second-order valence-electron chi connectivity index (χ2n) is 8.94. The van der Waals surface area contributed by atoms with Crippen LogP contribution in [0.4, 0.5) is 11.5 Å². The van der Waals surface area contributed by atoms with Crippen molar-refractivity contribution in [3.05, 3.63) is 112 Å². The molecule has 194 valence electrons. The number of nitrogens with zero attached hydrogens (tertiary/aromatic N) is 4. The molecule has 9 heteroatoms. The third-order valence-electron chi connectivity index (χ3n) is 6.29. The number of hydrogen-bond donors (Lipinski definition) is 1. The first-order chi connectivity index (χ1) is 18.5. The fourth-order valence-electron chi connectivity index (χ4n) is 4.31. The van der Waals surface area contributed by atoms with Gasteiger partial charge in [-0.1, -0.05) is 83.5 Å². The lowest BCUT2D eigenvalue weighted by Crippen LogP contribution is -2.46. The van der Waals surface area contributed by atoms with E-state index in [4.69, 9.17) is 28.2 Å². The molecule has 1 fully saturated rings. The molecule has 1 N–H and O–H groups in total.